The summed E-state index contributed by atoms with van der Waals surface area (Å²) in [5.41, 5.74) is 1.03. The number of nitrogens with zero attached hydrogens (tertiary/aromatic N) is 3. The van der Waals surface area contributed by atoms with Crippen LogP contribution in [0.3, 0.4) is 0 Å². The number of hydrogen-bond donors (Lipinski definition) is 1. The maximum absolute atomic E-state index is 6.20. The zero-order chi connectivity index (χ0) is 14.2. The lowest BCUT2D eigenvalue weighted by molar-refractivity contribution is -0.0301. The van der Waals surface area contributed by atoms with Gasteiger partial charge in [0.2, 0.25) is 0 Å². The summed E-state index contributed by atoms with van der Waals surface area (Å²) in [5, 5.41) is 6.09. The highest BCUT2D eigenvalue weighted by Gasteiger charge is 2.32. The highest BCUT2D eigenvalue weighted by Crippen LogP contribution is 2.28. The van der Waals surface area contributed by atoms with Gasteiger partial charge >= 0.3 is 0 Å². The molecule has 1 saturated heterocycles. The van der Waals surface area contributed by atoms with Crippen molar-refractivity contribution in [1.29, 1.82) is 0 Å². The standard InChI is InChI=1S/C14H19ClN4OS/c15-13-12(19-4-6-21-14(19)17-13)8-16-7-11-9-18(3-5-20-11)10-1-2-10/h4,6,10-11,16H,1-3,5,7-9H2/t11-/m0/s1. The number of fused-ring (bicyclic) bond motifs is 1. The van der Waals surface area contributed by atoms with Gasteiger partial charge in [0.15, 0.2) is 10.1 Å². The number of rotatable bonds is 5. The van der Waals surface area contributed by atoms with E-state index >= 15 is 0 Å². The molecule has 5 nitrogen and oxygen atoms in total. The first-order valence-corrected chi connectivity index (χ1v) is 8.73. The Balaban J connectivity index is 1.32. The Labute approximate surface area is 132 Å². The van der Waals surface area contributed by atoms with Crippen molar-refractivity contribution in [1.82, 2.24) is 19.6 Å². The molecule has 1 aliphatic carbocycles. The molecule has 0 unspecified atom stereocenters. The second kappa shape index (κ2) is 5.85. The van der Waals surface area contributed by atoms with Gasteiger partial charge in [-0.3, -0.25) is 9.30 Å². The van der Waals surface area contributed by atoms with Gasteiger partial charge in [0.1, 0.15) is 0 Å². The molecule has 1 aliphatic heterocycles. The SMILES string of the molecule is Clc1nc2sccn2c1CNC[C@H]1CN(C2CC2)CCO1. The second-order valence-corrected chi connectivity index (χ2v) is 6.99. The largest absolute Gasteiger partial charge is 0.374 e. The van der Waals surface area contributed by atoms with Gasteiger partial charge in [-0.15, -0.1) is 11.3 Å². The Morgan fingerprint density at radius 2 is 2.38 bits per heavy atom. The van der Waals surface area contributed by atoms with E-state index in [1.54, 1.807) is 11.3 Å². The van der Waals surface area contributed by atoms with Crippen LogP contribution in [0.5, 0.6) is 0 Å². The van der Waals surface area contributed by atoms with Crippen molar-refractivity contribution in [3.05, 3.63) is 22.4 Å². The first kappa shape index (κ1) is 14.0. The number of morpholine rings is 1. The lowest BCUT2D eigenvalue weighted by atomic mass is 10.2. The van der Waals surface area contributed by atoms with Crippen molar-refractivity contribution in [2.75, 3.05) is 26.2 Å². The molecule has 1 saturated carbocycles. The molecule has 21 heavy (non-hydrogen) atoms. The number of nitrogens with one attached hydrogen (secondary N) is 1. The summed E-state index contributed by atoms with van der Waals surface area (Å²) in [6, 6.07) is 0.825. The van der Waals surface area contributed by atoms with Gasteiger partial charge < -0.3 is 10.1 Å². The van der Waals surface area contributed by atoms with E-state index in [1.807, 2.05) is 11.6 Å². The van der Waals surface area contributed by atoms with E-state index in [4.69, 9.17) is 16.3 Å². The highest BCUT2D eigenvalue weighted by molar-refractivity contribution is 7.15. The molecule has 114 valence electrons. The summed E-state index contributed by atoms with van der Waals surface area (Å²) in [4.78, 5) is 7.87. The van der Waals surface area contributed by atoms with Crippen molar-refractivity contribution < 1.29 is 4.74 Å². The first-order valence-electron chi connectivity index (χ1n) is 7.47. The minimum absolute atomic E-state index is 0.281. The molecule has 7 heteroatoms. The molecule has 0 bridgehead atoms. The number of hydrogen-bond acceptors (Lipinski definition) is 5. The van der Waals surface area contributed by atoms with Crippen molar-refractivity contribution >= 4 is 27.9 Å². The normalized spacial score (nSPS) is 24.0. The molecular formula is C14H19ClN4OS. The van der Waals surface area contributed by atoms with Gasteiger partial charge in [-0.25, -0.2) is 4.98 Å². The lowest BCUT2D eigenvalue weighted by Crippen LogP contribution is -2.47. The summed E-state index contributed by atoms with van der Waals surface area (Å²) in [6.45, 7) is 4.57. The van der Waals surface area contributed by atoms with E-state index in [9.17, 15) is 0 Å². The zero-order valence-corrected chi connectivity index (χ0v) is 13.4. The second-order valence-electron chi connectivity index (χ2n) is 5.75. The Morgan fingerprint density at radius 3 is 3.24 bits per heavy atom. The van der Waals surface area contributed by atoms with Crippen LogP contribution in [0.2, 0.25) is 5.15 Å². The van der Waals surface area contributed by atoms with E-state index in [0.29, 0.717) is 5.15 Å². The highest BCUT2D eigenvalue weighted by atomic mass is 35.5. The zero-order valence-electron chi connectivity index (χ0n) is 11.8. The van der Waals surface area contributed by atoms with Crippen LogP contribution in [0.1, 0.15) is 18.5 Å². The monoisotopic (exact) mass is 326 g/mol. The van der Waals surface area contributed by atoms with Gasteiger partial charge in [-0.05, 0) is 12.8 Å². The molecule has 2 aromatic rings. The average Bonchev–Trinajstić information content (AvgIpc) is 3.18. The topological polar surface area (TPSA) is 41.8 Å². The quantitative estimate of drug-likeness (QED) is 0.912. The van der Waals surface area contributed by atoms with E-state index in [2.05, 4.69) is 19.6 Å². The number of halogens is 1. The van der Waals surface area contributed by atoms with Crippen LogP contribution >= 0.6 is 22.9 Å². The summed E-state index contributed by atoms with van der Waals surface area (Å²) >= 11 is 7.80. The third-order valence-electron chi connectivity index (χ3n) is 4.21. The molecule has 2 fully saturated rings. The predicted molar refractivity (Wildman–Crippen MR) is 84.1 cm³/mol. The van der Waals surface area contributed by atoms with Crippen LogP contribution in [-0.4, -0.2) is 52.7 Å². The molecule has 1 atom stereocenters. The van der Waals surface area contributed by atoms with Gasteiger partial charge in [-0.1, -0.05) is 11.6 Å². The summed E-state index contributed by atoms with van der Waals surface area (Å²) < 4.78 is 7.90. The van der Waals surface area contributed by atoms with E-state index in [-0.39, 0.29) is 6.10 Å². The molecule has 0 spiro atoms. The minimum atomic E-state index is 0.281. The fourth-order valence-electron chi connectivity index (χ4n) is 2.95. The summed E-state index contributed by atoms with van der Waals surface area (Å²) in [7, 11) is 0. The van der Waals surface area contributed by atoms with Crippen LogP contribution < -0.4 is 5.32 Å². The molecule has 0 radical (unpaired) electrons. The Kier molecular flexibility index (Phi) is 3.89. The Bertz CT molecular complexity index is 624. The fourth-order valence-corrected chi connectivity index (χ4v) is 3.97. The molecule has 4 rings (SSSR count). The summed E-state index contributed by atoms with van der Waals surface area (Å²) in [6.07, 6.45) is 5.02. The first-order chi connectivity index (χ1) is 10.3. The molecule has 0 amide bonds. The lowest BCUT2D eigenvalue weighted by Gasteiger charge is -2.33. The van der Waals surface area contributed by atoms with Crippen molar-refractivity contribution in [3.63, 3.8) is 0 Å². The number of imidazole rings is 1. The van der Waals surface area contributed by atoms with Crippen LogP contribution in [-0.2, 0) is 11.3 Å². The van der Waals surface area contributed by atoms with Gasteiger partial charge in [0.25, 0.3) is 0 Å². The third kappa shape index (κ3) is 2.96. The maximum Gasteiger partial charge on any atom is 0.195 e. The molecular weight excluding hydrogens is 308 g/mol. The number of thiazole rings is 1. The third-order valence-corrected chi connectivity index (χ3v) is 5.27. The molecule has 2 aliphatic rings. The van der Waals surface area contributed by atoms with E-state index < -0.39 is 0 Å². The van der Waals surface area contributed by atoms with Crippen LogP contribution in [0.15, 0.2) is 11.6 Å². The number of aromatic nitrogens is 2. The maximum atomic E-state index is 6.20. The van der Waals surface area contributed by atoms with Crippen LogP contribution in [0.25, 0.3) is 4.96 Å². The van der Waals surface area contributed by atoms with Crippen LogP contribution in [0, 0.1) is 0 Å². The molecule has 2 aromatic heterocycles. The summed E-state index contributed by atoms with van der Waals surface area (Å²) in [5.74, 6) is 0. The Hall–Kier alpha value is -0.660. The van der Waals surface area contributed by atoms with Gasteiger partial charge in [-0.2, -0.15) is 0 Å². The predicted octanol–water partition coefficient (Wildman–Crippen LogP) is 2.00. The van der Waals surface area contributed by atoms with Crippen molar-refractivity contribution in [3.8, 4) is 0 Å². The Morgan fingerprint density at radius 1 is 1.48 bits per heavy atom. The van der Waals surface area contributed by atoms with E-state index in [0.717, 1.165) is 49.5 Å². The minimum Gasteiger partial charge on any atom is -0.374 e. The van der Waals surface area contributed by atoms with Gasteiger partial charge in [0.05, 0.1) is 18.4 Å². The average molecular weight is 327 g/mol. The van der Waals surface area contributed by atoms with Crippen molar-refractivity contribution in [2.45, 2.75) is 31.5 Å². The molecule has 3 heterocycles. The molecule has 0 aromatic carbocycles. The van der Waals surface area contributed by atoms with Crippen molar-refractivity contribution in [2.24, 2.45) is 0 Å². The van der Waals surface area contributed by atoms with Gasteiger partial charge in [0, 0.05) is 43.8 Å². The smallest absolute Gasteiger partial charge is 0.195 e. The number of ether oxygens (including phenoxy) is 1. The molecule has 1 N–H and O–H groups in total. The fraction of sp³-hybridized carbons (Fsp3) is 0.643. The van der Waals surface area contributed by atoms with E-state index in [1.165, 1.54) is 12.8 Å². The van der Waals surface area contributed by atoms with Crippen LogP contribution in [0.4, 0.5) is 0 Å².